The molecular formula is C32H34F6N4O4. The molecule has 1 fully saturated rings. The fourth-order valence-corrected chi connectivity index (χ4v) is 5.06. The third-order valence-corrected chi connectivity index (χ3v) is 7.35. The Bertz CT molecular complexity index is 1490. The number of hydrogen-bond donors (Lipinski definition) is 2. The van der Waals surface area contributed by atoms with Gasteiger partial charge in [0, 0.05) is 62.9 Å². The Hall–Kier alpha value is -4.46. The second kappa shape index (κ2) is 14.8. The van der Waals surface area contributed by atoms with Crippen molar-refractivity contribution in [3.05, 3.63) is 82.9 Å². The third kappa shape index (κ3) is 8.62. The predicted molar refractivity (Wildman–Crippen MR) is 162 cm³/mol. The number of hydrogen-bond acceptors (Lipinski definition) is 6. The molecule has 1 aliphatic heterocycles. The summed E-state index contributed by atoms with van der Waals surface area (Å²) in [5.41, 5.74) is -2.37. The second-order valence-corrected chi connectivity index (χ2v) is 10.4. The molecule has 0 aliphatic carbocycles. The first-order valence-corrected chi connectivity index (χ1v) is 14.6. The number of halogens is 6. The number of piperazine rings is 1. The van der Waals surface area contributed by atoms with E-state index < -0.39 is 40.9 Å². The number of methoxy groups -OCH3 is 1. The fourth-order valence-electron chi connectivity index (χ4n) is 5.06. The number of amides is 2. The minimum atomic E-state index is -5.11. The number of carbonyl (C=O) groups excluding carboxylic acids is 2. The van der Waals surface area contributed by atoms with Crippen molar-refractivity contribution in [1.82, 2.24) is 5.32 Å². The molecule has 0 bridgehead atoms. The van der Waals surface area contributed by atoms with Crippen molar-refractivity contribution in [2.45, 2.75) is 25.7 Å². The van der Waals surface area contributed by atoms with Crippen LogP contribution in [-0.2, 0) is 17.1 Å². The molecule has 14 heteroatoms. The number of carbonyl (C=O) groups is 2. The minimum absolute atomic E-state index is 0.0202. The number of anilines is 3. The molecule has 0 spiro atoms. The molecule has 0 unspecified atom stereocenters. The Morgan fingerprint density at radius 2 is 1.41 bits per heavy atom. The summed E-state index contributed by atoms with van der Waals surface area (Å²) in [6.45, 7) is 5.36. The number of ether oxygens (including phenoxy) is 2. The van der Waals surface area contributed by atoms with Crippen LogP contribution >= 0.6 is 0 Å². The van der Waals surface area contributed by atoms with E-state index >= 15 is 0 Å². The first-order chi connectivity index (χ1) is 21.8. The first kappa shape index (κ1) is 34.4. The van der Waals surface area contributed by atoms with E-state index in [0.29, 0.717) is 70.2 Å². The molecule has 46 heavy (non-hydrogen) atoms. The second-order valence-electron chi connectivity index (χ2n) is 10.4. The van der Waals surface area contributed by atoms with E-state index in [9.17, 15) is 35.9 Å². The van der Waals surface area contributed by atoms with Gasteiger partial charge in [-0.05, 0) is 61.9 Å². The standard InChI is InChI=1S/C32H34F6N4O4/c1-3-46-16-6-11-39-30(44)25-20-24(40-29(43)21-17-22(31(33,34)35)19-23(18-21)32(36,37)38)9-10-26(25)41-12-14-42(15-13-41)27-7-4-5-8-28(27)45-2/h4-5,7-10,17-20H,3,6,11-16H2,1-2H3,(H,39,44)(H,40,43). The maximum absolute atomic E-state index is 13.4. The van der Waals surface area contributed by atoms with Crippen LogP contribution in [0.3, 0.4) is 0 Å². The highest BCUT2D eigenvalue weighted by atomic mass is 19.4. The molecule has 2 amide bonds. The van der Waals surface area contributed by atoms with Crippen molar-refractivity contribution in [2.24, 2.45) is 0 Å². The summed E-state index contributed by atoms with van der Waals surface area (Å²) in [5, 5.41) is 5.16. The van der Waals surface area contributed by atoms with Crippen LogP contribution in [0.25, 0.3) is 0 Å². The van der Waals surface area contributed by atoms with Gasteiger partial charge in [0.25, 0.3) is 11.8 Å². The van der Waals surface area contributed by atoms with E-state index in [1.807, 2.05) is 36.1 Å². The van der Waals surface area contributed by atoms with Gasteiger partial charge in [-0.15, -0.1) is 0 Å². The molecule has 2 N–H and O–H groups in total. The molecule has 3 aromatic rings. The van der Waals surface area contributed by atoms with Gasteiger partial charge < -0.3 is 29.9 Å². The van der Waals surface area contributed by atoms with E-state index in [1.165, 1.54) is 12.1 Å². The molecule has 4 rings (SSSR count). The summed E-state index contributed by atoms with van der Waals surface area (Å²) in [6.07, 6.45) is -9.68. The highest BCUT2D eigenvalue weighted by Gasteiger charge is 2.37. The van der Waals surface area contributed by atoms with Gasteiger partial charge in [0.05, 0.1) is 29.5 Å². The summed E-state index contributed by atoms with van der Waals surface area (Å²) in [4.78, 5) is 30.5. The Kier molecular flexibility index (Phi) is 11.0. The van der Waals surface area contributed by atoms with Gasteiger partial charge in [0.15, 0.2) is 0 Å². The number of benzene rings is 3. The fraction of sp³-hybridized carbons (Fsp3) is 0.375. The molecule has 248 valence electrons. The van der Waals surface area contributed by atoms with Crippen LogP contribution in [0.4, 0.5) is 43.4 Å². The lowest BCUT2D eigenvalue weighted by molar-refractivity contribution is -0.143. The summed E-state index contributed by atoms with van der Waals surface area (Å²) in [7, 11) is 1.59. The van der Waals surface area contributed by atoms with Crippen LogP contribution in [-0.4, -0.2) is 64.9 Å². The highest BCUT2D eigenvalue weighted by molar-refractivity contribution is 6.06. The van der Waals surface area contributed by atoms with Crippen LogP contribution in [0.15, 0.2) is 60.7 Å². The van der Waals surface area contributed by atoms with Crippen molar-refractivity contribution in [3.63, 3.8) is 0 Å². The van der Waals surface area contributed by atoms with E-state index in [1.54, 1.807) is 13.2 Å². The zero-order chi connectivity index (χ0) is 33.5. The zero-order valence-corrected chi connectivity index (χ0v) is 25.2. The Balaban J connectivity index is 1.59. The predicted octanol–water partition coefficient (Wildman–Crippen LogP) is 6.47. The summed E-state index contributed by atoms with van der Waals surface area (Å²) in [6, 6.07) is 12.7. The number of nitrogens with zero attached hydrogens (tertiary/aromatic N) is 2. The smallest absolute Gasteiger partial charge is 0.416 e. The maximum Gasteiger partial charge on any atom is 0.416 e. The van der Waals surface area contributed by atoms with Gasteiger partial charge >= 0.3 is 12.4 Å². The van der Waals surface area contributed by atoms with Gasteiger partial charge in [-0.1, -0.05) is 12.1 Å². The van der Waals surface area contributed by atoms with Crippen LogP contribution in [0.1, 0.15) is 45.2 Å². The number of alkyl halides is 6. The molecule has 0 radical (unpaired) electrons. The summed E-state index contributed by atoms with van der Waals surface area (Å²) < 4.78 is 90.9. The number of para-hydroxylation sites is 2. The molecule has 3 aromatic carbocycles. The molecule has 0 saturated carbocycles. The van der Waals surface area contributed by atoms with Gasteiger partial charge in [0.1, 0.15) is 5.75 Å². The quantitative estimate of drug-likeness (QED) is 0.183. The summed E-state index contributed by atoms with van der Waals surface area (Å²) in [5.74, 6) is -0.933. The van der Waals surface area contributed by atoms with Gasteiger partial charge in [-0.2, -0.15) is 26.3 Å². The Morgan fingerprint density at radius 3 is 2.00 bits per heavy atom. The monoisotopic (exact) mass is 652 g/mol. The molecule has 1 aliphatic rings. The normalized spacial score (nSPS) is 13.8. The first-order valence-electron chi connectivity index (χ1n) is 14.6. The summed E-state index contributed by atoms with van der Waals surface area (Å²) >= 11 is 0. The van der Waals surface area contributed by atoms with Crippen LogP contribution in [0.2, 0.25) is 0 Å². The van der Waals surface area contributed by atoms with Crippen molar-refractivity contribution >= 4 is 28.9 Å². The lowest BCUT2D eigenvalue weighted by atomic mass is 10.0. The number of nitrogens with one attached hydrogen (secondary N) is 2. The largest absolute Gasteiger partial charge is 0.495 e. The van der Waals surface area contributed by atoms with Gasteiger partial charge in [0.2, 0.25) is 0 Å². The van der Waals surface area contributed by atoms with Gasteiger partial charge in [-0.3, -0.25) is 9.59 Å². The molecule has 0 aromatic heterocycles. The highest BCUT2D eigenvalue weighted by Crippen LogP contribution is 2.37. The average Bonchev–Trinajstić information content (AvgIpc) is 3.03. The topological polar surface area (TPSA) is 83.1 Å². The van der Waals surface area contributed by atoms with Crippen molar-refractivity contribution in [2.75, 3.05) is 68.2 Å². The molecule has 1 heterocycles. The number of rotatable bonds is 11. The van der Waals surface area contributed by atoms with E-state index in [0.717, 1.165) is 11.4 Å². The minimum Gasteiger partial charge on any atom is -0.495 e. The van der Waals surface area contributed by atoms with Crippen LogP contribution in [0.5, 0.6) is 5.75 Å². The van der Waals surface area contributed by atoms with Crippen molar-refractivity contribution in [1.29, 1.82) is 0 Å². The average molecular weight is 653 g/mol. The zero-order valence-electron chi connectivity index (χ0n) is 25.2. The third-order valence-electron chi connectivity index (χ3n) is 7.35. The SMILES string of the molecule is CCOCCCNC(=O)c1cc(NC(=O)c2cc(C(F)(F)F)cc(C(F)(F)F)c2)ccc1N1CCN(c2ccccc2OC)CC1. The van der Waals surface area contributed by atoms with Gasteiger partial charge in [-0.25, -0.2) is 0 Å². The Morgan fingerprint density at radius 1 is 0.804 bits per heavy atom. The van der Waals surface area contributed by atoms with Crippen LogP contribution < -0.4 is 25.2 Å². The molecule has 8 nitrogen and oxygen atoms in total. The maximum atomic E-state index is 13.4. The molecule has 0 atom stereocenters. The van der Waals surface area contributed by atoms with Crippen molar-refractivity contribution in [3.8, 4) is 5.75 Å². The van der Waals surface area contributed by atoms with E-state index in [4.69, 9.17) is 9.47 Å². The lowest BCUT2D eigenvalue weighted by Crippen LogP contribution is -2.47. The molecular weight excluding hydrogens is 618 g/mol. The lowest BCUT2D eigenvalue weighted by Gasteiger charge is -2.38. The van der Waals surface area contributed by atoms with Crippen molar-refractivity contribution < 1.29 is 45.4 Å². The van der Waals surface area contributed by atoms with E-state index in [2.05, 4.69) is 15.5 Å². The Labute approximate surface area is 262 Å². The van der Waals surface area contributed by atoms with Crippen LogP contribution in [0, 0.1) is 0 Å². The molecule has 1 saturated heterocycles. The van der Waals surface area contributed by atoms with E-state index in [-0.39, 0.29) is 17.3 Å².